The molecule has 152 valence electrons. The molecule has 0 bridgehead atoms. The highest BCUT2D eigenvalue weighted by molar-refractivity contribution is 6.43. The number of ether oxygens (including phenoxy) is 1. The number of fused-ring (bicyclic) bond motifs is 1. The van der Waals surface area contributed by atoms with Crippen LogP contribution in [0.5, 0.6) is 0 Å². The molecule has 0 saturated heterocycles. The van der Waals surface area contributed by atoms with Gasteiger partial charge in [0.1, 0.15) is 0 Å². The van der Waals surface area contributed by atoms with E-state index in [1.165, 1.54) is 31.4 Å². The van der Waals surface area contributed by atoms with Gasteiger partial charge in [0.25, 0.3) is 5.92 Å². The van der Waals surface area contributed by atoms with Gasteiger partial charge in [-0.15, -0.1) is 0 Å². The minimum atomic E-state index is -2.99. The second kappa shape index (κ2) is 7.54. The van der Waals surface area contributed by atoms with E-state index in [9.17, 15) is 18.4 Å². The maximum absolute atomic E-state index is 13.8. The molecule has 0 N–H and O–H groups in total. The van der Waals surface area contributed by atoms with Crippen LogP contribution >= 0.6 is 23.2 Å². The molecule has 0 fully saturated rings. The fraction of sp³-hybridized carbons (Fsp3) is 0.273. The summed E-state index contributed by atoms with van der Waals surface area (Å²) in [6.45, 7) is 4.33. The normalized spacial score (nSPS) is 15.7. The summed E-state index contributed by atoms with van der Waals surface area (Å²) in [5.74, 6) is -4.58. The number of aryl methyl sites for hydroxylation is 1. The number of alkyl halides is 2. The summed E-state index contributed by atoms with van der Waals surface area (Å²) in [5, 5.41) is -0.00915. The third kappa shape index (κ3) is 3.69. The van der Waals surface area contributed by atoms with E-state index in [-0.39, 0.29) is 26.7 Å². The Hall–Kier alpha value is -2.24. The molecule has 2 aromatic carbocycles. The zero-order chi connectivity index (χ0) is 21.7. The van der Waals surface area contributed by atoms with E-state index < -0.39 is 23.6 Å². The number of allylic oxidation sites excluding steroid dienone is 1. The zero-order valence-electron chi connectivity index (χ0n) is 16.2. The van der Waals surface area contributed by atoms with E-state index in [4.69, 9.17) is 23.2 Å². The number of hydrogen-bond donors (Lipinski definition) is 0. The third-order valence-corrected chi connectivity index (χ3v) is 5.85. The Labute approximate surface area is 177 Å². The van der Waals surface area contributed by atoms with Crippen LogP contribution in [0.15, 0.2) is 29.8 Å². The van der Waals surface area contributed by atoms with Crippen LogP contribution in [0.3, 0.4) is 0 Å². The molecule has 1 unspecified atom stereocenters. The van der Waals surface area contributed by atoms with Gasteiger partial charge in [0, 0.05) is 24.0 Å². The predicted octanol–water partition coefficient (Wildman–Crippen LogP) is 6.58. The summed E-state index contributed by atoms with van der Waals surface area (Å²) in [6, 6.07) is 5.64. The Morgan fingerprint density at radius 3 is 2.41 bits per heavy atom. The van der Waals surface area contributed by atoms with E-state index in [0.717, 1.165) is 12.5 Å². The monoisotopic (exact) mass is 438 g/mol. The molecule has 7 heteroatoms. The Morgan fingerprint density at radius 1 is 1.17 bits per heavy atom. The first kappa shape index (κ1) is 21.5. The molecular formula is C22H18Cl2F2O3. The predicted molar refractivity (Wildman–Crippen MR) is 109 cm³/mol. The first-order chi connectivity index (χ1) is 13.5. The van der Waals surface area contributed by atoms with Crippen LogP contribution in [0.25, 0.3) is 6.08 Å². The molecule has 29 heavy (non-hydrogen) atoms. The molecule has 0 amide bonds. The maximum Gasteiger partial charge on any atom is 0.339 e. The van der Waals surface area contributed by atoms with Crippen molar-refractivity contribution in [3.63, 3.8) is 0 Å². The summed E-state index contributed by atoms with van der Waals surface area (Å²) >= 11 is 12.5. The van der Waals surface area contributed by atoms with Crippen LogP contribution in [0, 0.1) is 6.92 Å². The Morgan fingerprint density at radius 2 is 1.83 bits per heavy atom. The fourth-order valence-electron chi connectivity index (χ4n) is 3.52. The average molecular weight is 439 g/mol. The number of rotatable bonds is 4. The molecule has 0 spiro atoms. The van der Waals surface area contributed by atoms with Crippen LogP contribution in [0.1, 0.15) is 62.7 Å². The maximum atomic E-state index is 13.8. The molecule has 3 rings (SSSR count). The summed E-state index contributed by atoms with van der Waals surface area (Å²) in [7, 11) is 1.21. The Balaban J connectivity index is 2.09. The molecule has 1 aliphatic carbocycles. The van der Waals surface area contributed by atoms with Crippen molar-refractivity contribution in [3.05, 3.63) is 73.3 Å². The van der Waals surface area contributed by atoms with Gasteiger partial charge in [0.05, 0.1) is 28.3 Å². The van der Waals surface area contributed by atoms with Gasteiger partial charge in [-0.3, -0.25) is 4.79 Å². The second-order valence-corrected chi connectivity index (χ2v) is 7.90. The van der Waals surface area contributed by atoms with Gasteiger partial charge in [0.15, 0.2) is 5.78 Å². The lowest BCUT2D eigenvalue weighted by Crippen LogP contribution is -2.12. The molecule has 1 atom stereocenters. The average Bonchev–Trinajstić information content (AvgIpc) is 2.98. The van der Waals surface area contributed by atoms with Crippen LogP contribution in [0.4, 0.5) is 8.78 Å². The summed E-state index contributed by atoms with van der Waals surface area (Å²) in [6.07, 6.45) is 1.67. The van der Waals surface area contributed by atoms with Crippen molar-refractivity contribution in [1.82, 2.24) is 0 Å². The second-order valence-electron chi connectivity index (χ2n) is 7.11. The van der Waals surface area contributed by atoms with E-state index >= 15 is 0 Å². The van der Waals surface area contributed by atoms with Crippen molar-refractivity contribution >= 4 is 41.0 Å². The highest BCUT2D eigenvalue weighted by Gasteiger charge is 2.34. The minimum absolute atomic E-state index is 0.0131. The van der Waals surface area contributed by atoms with Crippen molar-refractivity contribution in [1.29, 1.82) is 0 Å². The number of benzene rings is 2. The highest BCUT2D eigenvalue weighted by Crippen LogP contribution is 2.43. The number of Topliss-reactive ketones (excluding diaryl/α,β-unsaturated/α-hetero) is 1. The number of carbonyl (C=O) groups is 2. The highest BCUT2D eigenvalue weighted by atomic mass is 35.5. The SMILES string of the molecule is COC(=O)c1ccc(Cl)c(C(=O)C2=Cc3c(C)cc(C(C)(F)F)cc3C2C)c1Cl. The van der Waals surface area contributed by atoms with Crippen LogP contribution in [-0.4, -0.2) is 18.9 Å². The molecule has 0 heterocycles. The third-order valence-electron chi connectivity index (χ3n) is 5.14. The van der Waals surface area contributed by atoms with Gasteiger partial charge in [-0.1, -0.05) is 30.1 Å². The van der Waals surface area contributed by atoms with Crippen molar-refractivity contribution in [2.75, 3.05) is 7.11 Å². The molecule has 2 aromatic rings. The lowest BCUT2D eigenvalue weighted by atomic mass is 9.89. The number of halogens is 4. The van der Waals surface area contributed by atoms with E-state index in [1.54, 1.807) is 19.9 Å². The first-order valence-electron chi connectivity index (χ1n) is 8.82. The number of hydrogen-bond acceptors (Lipinski definition) is 3. The van der Waals surface area contributed by atoms with Gasteiger partial charge >= 0.3 is 5.97 Å². The van der Waals surface area contributed by atoms with E-state index in [2.05, 4.69) is 4.74 Å². The molecule has 0 radical (unpaired) electrons. The smallest absolute Gasteiger partial charge is 0.339 e. The topological polar surface area (TPSA) is 43.4 Å². The van der Waals surface area contributed by atoms with E-state index in [0.29, 0.717) is 16.7 Å². The quantitative estimate of drug-likeness (QED) is 0.399. The Kier molecular flexibility index (Phi) is 5.58. The van der Waals surface area contributed by atoms with Gasteiger partial charge in [0.2, 0.25) is 0 Å². The van der Waals surface area contributed by atoms with Crippen LogP contribution < -0.4 is 0 Å². The van der Waals surface area contributed by atoms with E-state index in [1.807, 2.05) is 0 Å². The lowest BCUT2D eigenvalue weighted by molar-refractivity contribution is 0.0173. The first-order valence-corrected chi connectivity index (χ1v) is 9.58. The standard InChI is InChI=1S/C22H18Cl2F2O3/c1-10-7-12(22(3,25)26)8-15-11(2)16(9-14(10)15)20(27)18-17(23)6-5-13(19(18)24)21(28)29-4/h5-9,11H,1-4H3. The molecule has 3 nitrogen and oxygen atoms in total. The molecular weight excluding hydrogens is 421 g/mol. The van der Waals surface area contributed by atoms with Crippen molar-refractivity contribution < 1.29 is 23.1 Å². The summed E-state index contributed by atoms with van der Waals surface area (Å²) in [4.78, 5) is 25.2. The summed E-state index contributed by atoms with van der Waals surface area (Å²) in [5.41, 5.74) is 2.29. The lowest BCUT2D eigenvalue weighted by Gasteiger charge is -2.17. The molecule has 1 aliphatic rings. The van der Waals surface area contributed by atoms with Crippen molar-refractivity contribution in [2.45, 2.75) is 32.6 Å². The zero-order valence-corrected chi connectivity index (χ0v) is 17.7. The summed E-state index contributed by atoms with van der Waals surface area (Å²) < 4.78 is 32.4. The molecule has 0 aromatic heterocycles. The van der Waals surface area contributed by atoms with Gasteiger partial charge in [-0.05, 0) is 54.0 Å². The largest absolute Gasteiger partial charge is 0.465 e. The number of carbonyl (C=O) groups excluding carboxylic acids is 2. The van der Waals surface area contributed by atoms with Crippen molar-refractivity contribution in [3.8, 4) is 0 Å². The van der Waals surface area contributed by atoms with Gasteiger partial charge in [-0.25, -0.2) is 13.6 Å². The fourth-order valence-corrected chi connectivity index (χ4v) is 4.14. The molecule has 0 aliphatic heterocycles. The van der Waals surface area contributed by atoms with Crippen LogP contribution in [-0.2, 0) is 10.7 Å². The number of ketones is 1. The Bertz CT molecular complexity index is 1070. The number of esters is 1. The number of methoxy groups -OCH3 is 1. The van der Waals surface area contributed by atoms with Crippen molar-refractivity contribution in [2.24, 2.45) is 0 Å². The minimum Gasteiger partial charge on any atom is -0.465 e. The van der Waals surface area contributed by atoms with Gasteiger partial charge < -0.3 is 4.74 Å². The van der Waals surface area contributed by atoms with Crippen LogP contribution in [0.2, 0.25) is 10.0 Å². The van der Waals surface area contributed by atoms with Gasteiger partial charge in [-0.2, -0.15) is 0 Å². The molecule has 0 saturated carbocycles.